The van der Waals surface area contributed by atoms with E-state index in [0.717, 1.165) is 118 Å². The predicted octanol–water partition coefficient (Wildman–Crippen LogP) is 19.4. The number of esters is 9. The molecule has 0 saturated carbocycles. The Hall–Kier alpha value is -14.0. The van der Waals surface area contributed by atoms with Crippen LogP contribution in [0.5, 0.6) is 46.0 Å². The zero-order valence-corrected chi connectivity index (χ0v) is 72.5. The second kappa shape index (κ2) is 63.0. The Morgan fingerprint density at radius 2 is 0.600 bits per heavy atom. The SMILES string of the molecule is C=CC(=O)OC.C=CC(=O)OCCCCCCOC(=O)Oc1ccc(C(=O)OC)cc1.C=CC(C)=O.CCC(=O)OCCCCOc1ccc(C(=O)Oc2ccc(C(=O)OC)cc2)cc1.CCCCCOc1ccc(C(=O)Oc2ccc(C(=O)Oc3ccc(C)cc3)cc2)cc1.COCCCCCCOC(=O)Oc1ccc(C(=O)Oc2ccc(C)cc2C)cc1. The van der Waals surface area contributed by atoms with Crippen LogP contribution in [0, 0.1) is 20.8 Å². The Kier molecular flexibility index (Phi) is 53.0. The van der Waals surface area contributed by atoms with E-state index in [-0.39, 0.29) is 24.1 Å². The molecule has 0 aromatic heterocycles. The van der Waals surface area contributed by atoms with Crippen molar-refractivity contribution < 1.29 is 133 Å². The number of carbonyl (C=O) groups excluding carboxylic acids is 12. The summed E-state index contributed by atoms with van der Waals surface area (Å²) in [6.07, 6.45) is 14.0. The van der Waals surface area contributed by atoms with E-state index in [1.165, 1.54) is 95.0 Å². The normalized spacial score (nSPS) is 9.90. The van der Waals surface area contributed by atoms with E-state index >= 15 is 0 Å². The van der Waals surface area contributed by atoms with Crippen LogP contribution < -0.4 is 37.9 Å². The molecular weight excluding hydrogens is 1610 g/mol. The van der Waals surface area contributed by atoms with Crippen molar-refractivity contribution in [1.82, 2.24) is 0 Å². The molecule has 0 saturated heterocycles. The third-order valence-electron chi connectivity index (χ3n) is 16.7. The molecule has 0 N–H and O–H groups in total. The van der Waals surface area contributed by atoms with Gasteiger partial charge < -0.3 is 75.8 Å². The van der Waals surface area contributed by atoms with E-state index in [2.05, 4.69) is 40.9 Å². The Morgan fingerprint density at radius 3 is 0.928 bits per heavy atom. The first-order chi connectivity index (χ1) is 60.2. The summed E-state index contributed by atoms with van der Waals surface area (Å²) in [5, 5.41) is 0. The summed E-state index contributed by atoms with van der Waals surface area (Å²) >= 11 is 0. The second-order valence-corrected chi connectivity index (χ2v) is 26.6. The number of ether oxygens (including phenoxy) is 16. The number of aryl methyl sites for hydroxylation is 3. The average Bonchev–Trinajstić information content (AvgIpc) is 0.863. The minimum atomic E-state index is -0.800. The van der Waals surface area contributed by atoms with Gasteiger partial charge in [0.1, 0.15) is 46.0 Å². The largest absolute Gasteiger partial charge is 0.513 e. The number of hydrogen-bond acceptors (Lipinski definition) is 28. The average molecular weight is 1730 g/mol. The molecule has 0 radical (unpaired) electrons. The summed E-state index contributed by atoms with van der Waals surface area (Å²) in [6, 6.07) is 50.8. The highest BCUT2D eigenvalue weighted by Gasteiger charge is 2.17. The fraction of sp³-hybridized carbons (Fsp3) is 0.320. The van der Waals surface area contributed by atoms with Gasteiger partial charge in [0.05, 0.1) is 94.4 Å². The van der Waals surface area contributed by atoms with Crippen LogP contribution in [0.4, 0.5) is 9.59 Å². The summed E-state index contributed by atoms with van der Waals surface area (Å²) < 4.78 is 80.9. The van der Waals surface area contributed by atoms with Gasteiger partial charge in [0, 0.05) is 32.3 Å². The third-order valence-corrected chi connectivity index (χ3v) is 16.7. The molecule has 0 unspecified atom stereocenters. The zero-order chi connectivity index (χ0) is 91.9. The molecule has 0 aliphatic heterocycles. The predicted molar refractivity (Wildman–Crippen MR) is 466 cm³/mol. The molecule has 668 valence electrons. The van der Waals surface area contributed by atoms with E-state index in [9.17, 15) is 57.5 Å². The van der Waals surface area contributed by atoms with Crippen LogP contribution in [0.3, 0.4) is 0 Å². The highest BCUT2D eigenvalue weighted by molar-refractivity contribution is 5.95. The molecule has 28 heteroatoms. The topological polar surface area (TPSA) is 353 Å². The molecule has 0 atom stereocenters. The van der Waals surface area contributed by atoms with E-state index in [1.54, 1.807) is 117 Å². The standard InChI is InChI=1S/C26H26O5.C23H28O6.C22H24O7.C18H22O7.C4H6O2.C4H6O/c1-3-4-5-18-29-22-14-8-20(9-15-22)25(27)31-24-16-10-21(11-17-24)26(28)30-23-12-6-19(2)7-13-23;1-17-8-13-21(18(2)16-17)29-22(24)19-9-11-20(12-10-19)28-23(25)27-15-7-5-4-6-14-26-3;1-3-20(23)28-15-5-4-14-27-18-10-6-17(7-11-18)22(25)29-19-12-8-16(9-13-19)21(24)26-2;1-3-16(19)23-12-6-4-5-7-13-24-18(21)25-15-10-8-14(9-11-15)17(20)22-2;1-3-4(5)6-2;1-3-4(2)5/h6-17H,3-5,18H2,1-2H3;8-13,16H,4-7,14-15H2,1-3H3;6-13H,3-5,14-15H2,1-2H3;3,8-11H,1,4-7,12-13H2,2H3;3H,1H2,2H3;3H,1H2,2H3. The molecule has 8 aromatic carbocycles. The van der Waals surface area contributed by atoms with Crippen molar-refractivity contribution >= 4 is 71.8 Å². The van der Waals surface area contributed by atoms with Gasteiger partial charge in [-0.25, -0.2) is 47.9 Å². The van der Waals surface area contributed by atoms with Crippen molar-refractivity contribution in [3.05, 3.63) is 276 Å². The number of rotatable bonds is 41. The lowest BCUT2D eigenvalue weighted by Gasteiger charge is -2.09. The minimum Gasteiger partial charge on any atom is -0.494 e. The van der Waals surface area contributed by atoms with Crippen molar-refractivity contribution in [3.63, 3.8) is 0 Å². The number of methoxy groups -OCH3 is 4. The van der Waals surface area contributed by atoms with Gasteiger partial charge in [-0.1, -0.05) is 88.2 Å². The molecule has 125 heavy (non-hydrogen) atoms. The van der Waals surface area contributed by atoms with Crippen molar-refractivity contribution in [2.45, 2.75) is 131 Å². The lowest BCUT2D eigenvalue weighted by molar-refractivity contribution is -0.143. The van der Waals surface area contributed by atoms with E-state index in [1.807, 2.05) is 45.0 Å². The van der Waals surface area contributed by atoms with Crippen LogP contribution in [0.1, 0.15) is 190 Å². The Labute approximate surface area is 729 Å². The number of benzene rings is 8. The highest BCUT2D eigenvalue weighted by atomic mass is 16.7. The maximum absolute atomic E-state index is 12.4. The lowest BCUT2D eigenvalue weighted by Crippen LogP contribution is -2.12. The summed E-state index contributed by atoms with van der Waals surface area (Å²) in [7, 11) is 5.58. The number of carbonyl (C=O) groups is 12. The summed E-state index contributed by atoms with van der Waals surface area (Å²) in [6.45, 7) is 24.1. The van der Waals surface area contributed by atoms with E-state index in [0.29, 0.717) is 114 Å². The molecule has 0 spiro atoms. The fourth-order valence-corrected chi connectivity index (χ4v) is 9.78. The maximum Gasteiger partial charge on any atom is 0.513 e. The Morgan fingerprint density at radius 1 is 0.296 bits per heavy atom. The number of unbranched alkanes of at least 4 members (excludes halogenated alkanes) is 9. The maximum atomic E-state index is 12.4. The molecule has 0 heterocycles. The van der Waals surface area contributed by atoms with Crippen LogP contribution in [0.25, 0.3) is 0 Å². The number of ketones is 1. The van der Waals surface area contributed by atoms with Crippen LogP contribution in [-0.4, -0.2) is 147 Å². The van der Waals surface area contributed by atoms with Crippen molar-refractivity contribution in [3.8, 4) is 46.0 Å². The smallest absolute Gasteiger partial charge is 0.494 e. The van der Waals surface area contributed by atoms with Gasteiger partial charge in [0.25, 0.3) is 0 Å². The Bertz CT molecular complexity index is 4630. The highest BCUT2D eigenvalue weighted by Crippen LogP contribution is 2.25. The van der Waals surface area contributed by atoms with E-state index in [4.69, 9.17) is 61.6 Å². The minimum absolute atomic E-state index is 0.0185. The molecule has 0 aliphatic carbocycles. The first-order valence-corrected chi connectivity index (χ1v) is 40.2. The van der Waals surface area contributed by atoms with Crippen LogP contribution in [0.15, 0.2) is 226 Å². The van der Waals surface area contributed by atoms with Gasteiger partial charge in [0.2, 0.25) is 0 Å². The summed E-state index contributed by atoms with van der Waals surface area (Å²) in [5.74, 6) is -0.256. The van der Waals surface area contributed by atoms with Crippen molar-refractivity contribution in [1.29, 1.82) is 0 Å². The summed E-state index contributed by atoms with van der Waals surface area (Å²) in [5.41, 5.74) is 5.33. The van der Waals surface area contributed by atoms with Gasteiger partial charge in [-0.3, -0.25) is 9.59 Å². The van der Waals surface area contributed by atoms with Gasteiger partial charge >= 0.3 is 66.0 Å². The van der Waals surface area contributed by atoms with Gasteiger partial charge in [-0.15, -0.1) is 0 Å². The fourth-order valence-electron chi connectivity index (χ4n) is 9.78. The van der Waals surface area contributed by atoms with Gasteiger partial charge in [-0.05, 0) is 267 Å². The Balaban J connectivity index is 0.000000413. The molecule has 0 bridgehead atoms. The van der Waals surface area contributed by atoms with Crippen LogP contribution in [0.2, 0.25) is 0 Å². The van der Waals surface area contributed by atoms with Gasteiger partial charge in [0.15, 0.2) is 5.78 Å². The molecule has 8 rings (SSSR count). The van der Waals surface area contributed by atoms with E-state index < -0.39 is 60.1 Å². The molecule has 8 aromatic rings. The number of allylic oxidation sites excluding steroid dienone is 1. The van der Waals surface area contributed by atoms with Crippen LogP contribution in [-0.2, 0) is 57.1 Å². The molecule has 0 amide bonds. The molecule has 0 fully saturated rings. The van der Waals surface area contributed by atoms with Crippen molar-refractivity contribution in [2.24, 2.45) is 0 Å². The lowest BCUT2D eigenvalue weighted by atomic mass is 10.1. The van der Waals surface area contributed by atoms with Crippen LogP contribution >= 0.6 is 0 Å². The molecule has 28 nitrogen and oxygen atoms in total. The number of hydrogen-bond donors (Lipinski definition) is 0. The second-order valence-electron chi connectivity index (χ2n) is 26.6. The molecule has 0 aliphatic rings. The third kappa shape index (κ3) is 46.5. The zero-order valence-electron chi connectivity index (χ0n) is 72.5. The first kappa shape index (κ1) is 105. The van der Waals surface area contributed by atoms with Crippen molar-refractivity contribution in [2.75, 3.05) is 74.7 Å². The van der Waals surface area contributed by atoms with Gasteiger partial charge in [-0.2, -0.15) is 0 Å². The summed E-state index contributed by atoms with van der Waals surface area (Å²) in [4.78, 5) is 136. The monoisotopic (exact) mass is 1720 g/mol. The quantitative estimate of drug-likeness (QED) is 0.00857. The molecular formula is C97H112O28. The first-order valence-electron chi connectivity index (χ1n) is 40.2.